The monoisotopic (exact) mass is 333 g/mol. The third-order valence-electron chi connectivity index (χ3n) is 3.55. The second-order valence-electron chi connectivity index (χ2n) is 5.02. The molecule has 0 radical (unpaired) electrons. The van der Waals surface area contributed by atoms with Gasteiger partial charge in [-0.15, -0.1) is 0 Å². The molecule has 1 aromatic rings. The summed E-state index contributed by atoms with van der Waals surface area (Å²) in [5, 5.41) is 5.34. The molecule has 1 fully saturated rings. The van der Waals surface area contributed by atoms with E-state index in [1.165, 1.54) is 23.6 Å². The van der Waals surface area contributed by atoms with Crippen LogP contribution in [0.15, 0.2) is 18.2 Å². The fourth-order valence-electron chi connectivity index (χ4n) is 2.58. The lowest BCUT2D eigenvalue weighted by Gasteiger charge is -2.35. The Bertz CT molecular complexity index is 444. The Kier molecular flexibility index (Phi) is 6.53. The third kappa shape index (κ3) is 4.30. The molecule has 0 aromatic heterocycles. The van der Waals surface area contributed by atoms with Crippen LogP contribution in [0.3, 0.4) is 0 Å². The van der Waals surface area contributed by atoms with E-state index in [1.807, 2.05) is 29.6 Å². The summed E-state index contributed by atoms with van der Waals surface area (Å²) in [5.74, 6) is 2.17. The molecule has 5 heteroatoms. The maximum Gasteiger partial charge on any atom is 0.124 e. The molecular formula is C15H21ClFNS2. The number of hydrogen-bond donors (Lipinski definition) is 1. The van der Waals surface area contributed by atoms with Crippen molar-refractivity contribution in [2.24, 2.45) is 0 Å². The van der Waals surface area contributed by atoms with Gasteiger partial charge in [-0.1, -0.05) is 31.5 Å². The molecule has 1 heterocycles. The Morgan fingerprint density at radius 1 is 1.40 bits per heavy atom. The first-order valence-electron chi connectivity index (χ1n) is 7.02. The Labute approximate surface area is 134 Å². The molecule has 2 rings (SSSR count). The van der Waals surface area contributed by atoms with Crippen molar-refractivity contribution < 1.29 is 4.39 Å². The van der Waals surface area contributed by atoms with Crippen LogP contribution in [0.1, 0.15) is 19.4 Å². The molecular weight excluding hydrogens is 313 g/mol. The fraction of sp³-hybridized carbons (Fsp3) is 0.600. The van der Waals surface area contributed by atoms with Crippen molar-refractivity contribution in [3.63, 3.8) is 0 Å². The lowest BCUT2D eigenvalue weighted by atomic mass is 10.0. The summed E-state index contributed by atoms with van der Waals surface area (Å²) in [6.45, 7) is 5.38. The van der Waals surface area contributed by atoms with Crippen LogP contribution in [0.5, 0.6) is 0 Å². The molecule has 1 aliphatic heterocycles. The van der Waals surface area contributed by atoms with E-state index < -0.39 is 0 Å². The molecule has 20 heavy (non-hydrogen) atoms. The molecule has 1 saturated heterocycles. The molecule has 112 valence electrons. The van der Waals surface area contributed by atoms with Gasteiger partial charge in [-0.3, -0.25) is 0 Å². The highest BCUT2D eigenvalue weighted by Crippen LogP contribution is 2.34. The summed E-state index contributed by atoms with van der Waals surface area (Å²) in [7, 11) is 0. The van der Waals surface area contributed by atoms with Gasteiger partial charge in [0.05, 0.1) is 0 Å². The molecule has 1 aromatic carbocycles. The van der Waals surface area contributed by atoms with Crippen molar-refractivity contribution in [2.45, 2.75) is 36.8 Å². The molecule has 1 aliphatic rings. The van der Waals surface area contributed by atoms with E-state index >= 15 is 0 Å². The Balaban J connectivity index is 2.11. The van der Waals surface area contributed by atoms with Crippen LogP contribution in [-0.4, -0.2) is 34.6 Å². The lowest BCUT2D eigenvalue weighted by molar-refractivity contribution is 0.500. The largest absolute Gasteiger partial charge is 0.313 e. The fourth-order valence-corrected chi connectivity index (χ4v) is 5.79. The molecule has 1 N–H and O–H groups in total. The zero-order chi connectivity index (χ0) is 14.5. The van der Waals surface area contributed by atoms with E-state index in [-0.39, 0.29) is 5.82 Å². The summed E-state index contributed by atoms with van der Waals surface area (Å²) in [4.78, 5) is 0. The molecule has 1 nitrogen and oxygen atoms in total. The van der Waals surface area contributed by atoms with Gasteiger partial charge in [-0.25, -0.2) is 4.39 Å². The summed E-state index contributed by atoms with van der Waals surface area (Å²) in [6, 6.07) is 5.10. The molecule has 0 amide bonds. The molecule has 3 atom stereocenters. The summed E-state index contributed by atoms with van der Waals surface area (Å²) in [6.07, 6.45) is 0.857. The maximum atomic E-state index is 13.1. The summed E-state index contributed by atoms with van der Waals surface area (Å²) < 4.78 is 13.1. The Morgan fingerprint density at radius 3 is 2.80 bits per heavy atom. The Hall–Kier alpha value is 0.1000. The second kappa shape index (κ2) is 7.92. The number of hydrogen-bond acceptors (Lipinski definition) is 3. The topological polar surface area (TPSA) is 12.0 Å². The summed E-state index contributed by atoms with van der Waals surface area (Å²) in [5.41, 5.74) is 1.03. The van der Waals surface area contributed by atoms with Gasteiger partial charge >= 0.3 is 0 Å². The van der Waals surface area contributed by atoms with Gasteiger partial charge in [0, 0.05) is 33.1 Å². The van der Waals surface area contributed by atoms with Crippen molar-refractivity contribution in [1.29, 1.82) is 0 Å². The number of halogens is 2. The predicted molar refractivity (Wildman–Crippen MR) is 90.7 cm³/mol. The zero-order valence-electron chi connectivity index (χ0n) is 11.9. The average molecular weight is 334 g/mol. The molecule has 3 unspecified atom stereocenters. The van der Waals surface area contributed by atoms with Crippen LogP contribution < -0.4 is 5.32 Å². The number of nitrogens with one attached hydrogen (secondary N) is 1. The Morgan fingerprint density at radius 2 is 2.15 bits per heavy atom. The zero-order valence-corrected chi connectivity index (χ0v) is 14.3. The summed E-state index contributed by atoms with van der Waals surface area (Å²) >= 11 is 10.3. The van der Waals surface area contributed by atoms with Crippen LogP contribution in [0.2, 0.25) is 5.02 Å². The predicted octanol–water partition coefficient (Wildman–Crippen LogP) is 4.24. The van der Waals surface area contributed by atoms with Crippen molar-refractivity contribution in [3.8, 4) is 0 Å². The average Bonchev–Trinajstić information content (AvgIpc) is 2.42. The highest BCUT2D eigenvalue weighted by Gasteiger charge is 2.30. The minimum absolute atomic E-state index is 0.269. The van der Waals surface area contributed by atoms with Crippen molar-refractivity contribution in [2.75, 3.05) is 18.1 Å². The number of benzene rings is 1. The highest BCUT2D eigenvalue weighted by atomic mass is 35.5. The smallest absolute Gasteiger partial charge is 0.124 e. The molecule has 0 saturated carbocycles. The second-order valence-corrected chi connectivity index (χ2v) is 8.19. The van der Waals surface area contributed by atoms with E-state index in [4.69, 9.17) is 11.6 Å². The quantitative estimate of drug-likeness (QED) is 0.865. The van der Waals surface area contributed by atoms with Crippen LogP contribution in [-0.2, 0) is 6.42 Å². The van der Waals surface area contributed by atoms with Crippen molar-refractivity contribution in [3.05, 3.63) is 34.6 Å². The van der Waals surface area contributed by atoms with Gasteiger partial charge in [0.15, 0.2) is 0 Å². The van der Waals surface area contributed by atoms with Crippen LogP contribution in [0.25, 0.3) is 0 Å². The highest BCUT2D eigenvalue weighted by molar-refractivity contribution is 8.07. The van der Waals surface area contributed by atoms with E-state index in [0.29, 0.717) is 21.6 Å². The number of thioether (sulfide) groups is 2. The van der Waals surface area contributed by atoms with Crippen LogP contribution >= 0.6 is 35.1 Å². The van der Waals surface area contributed by atoms with Gasteiger partial charge in [0.2, 0.25) is 0 Å². The SMILES string of the molecule is CCNC(Cc1ccc(F)cc1Cl)C1SCCSC1C. The van der Waals surface area contributed by atoms with E-state index in [1.54, 1.807) is 0 Å². The first kappa shape index (κ1) is 16.5. The number of rotatable bonds is 5. The van der Waals surface area contributed by atoms with Gasteiger partial charge in [-0.2, -0.15) is 23.5 Å². The maximum absolute atomic E-state index is 13.1. The lowest BCUT2D eigenvalue weighted by Crippen LogP contribution is -2.45. The van der Waals surface area contributed by atoms with E-state index in [0.717, 1.165) is 18.5 Å². The molecule has 0 bridgehead atoms. The minimum atomic E-state index is -0.269. The minimum Gasteiger partial charge on any atom is -0.313 e. The normalized spacial score (nSPS) is 24.6. The van der Waals surface area contributed by atoms with Crippen molar-refractivity contribution >= 4 is 35.1 Å². The molecule has 0 spiro atoms. The first-order chi connectivity index (χ1) is 9.61. The van der Waals surface area contributed by atoms with E-state index in [2.05, 4.69) is 19.2 Å². The van der Waals surface area contributed by atoms with Gasteiger partial charge in [0.1, 0.15) is 5.82 Å². The first-order valence-corrected chi connectivity index (χ1v) is 9.50. The van der Waals surface area contributed by atoms with Crippen molar-refractivity contribution in [1.82, 2.24) is 5.32 Å². The number of likely N-dealkylation sites (N-methyl/N-ethyl adjacent to an activating group) is 1. The van der Waals surface area contributed by atoms with E-state index in [9.17, 15) is 4.39 Å². The van der Waals surface area contributed by atoms with Gasteiger partial charge < -0.3 is 5.32 Å². The van der Waals surface area contributed by atoms with Crippen LogP contribution in [0.4, 0.5) is 4.39 Å². The third-order valence-corrected chi connectivity index (χ3v) is 7.16. The standard InChI is InChI=1S/C15H21ClFNS2/c1-3-18-14(15-10(2)19-6-7-20-15)8-11-4-5-12(17)9-13(11)16/h4-5,9-10,14-15,18H,3,6-8H2,1-2H3. The van der Waals surface area contributed by atoms with Gasteiger partial charge in [0.25, 0.3) is 0 Å². The molecule has 0 aliphatic carbocycles. The van der Waals surface area contributed by atoms with Gasteiger partial charge in [-0.05, 0) is 30.7 Å². The van der Waals surface area contributed by atoms with Crippen LogP contribution in [0, 0.1) is 5.82 Å².